The van der Waals surface area contributed by atoms with Crippen LogP contribution in [-0.4, -0.2) is 24.3 Å². The quantitative estimate of drug-likeness (QED) is 0.514. The number of carbonyl (C=O) groups is 1. The van der Waals surface area contributed by atoms with E-state index in [0.717, 1.165) is 17.7 Å². The third kappa shape index (κ3) is 5.32. The van der Waals surface area contributed by atoms with E-state index < -0.39 is 33.6 Å². The van der Waals surface area contributed by atoms with E-state index in [1.54, 1.807) is 24.4 Å². The second-order valence-corrected chi connectivity index (χ2v) is 10.3. The molecule has 6 nitrogen and oxygen atoms in total. The Labute approximate surface area is 195 Å². The van der Waals surface area contributed by atoms with Crippen molar-refractivity contribution in [2.24, 2.45) is 5.92 Å². The number of aromatic nitrogens is 2. The SMILES string of the molecule is Cc1ccc(S(=O)(=O)NC(=O)C2CCC(c3nc(-c4cccc(C(F)(F)F)c4)c[nH]3)CC2)cc1. The van der Waals surface area contributed by atoms with E-state index in [1.807, 2.05) is 6.92 Å². The summed E-state index contributed by atoms with van der Waals surface area (Å²) in [6.07, 6.45) is -0.658. The Balaban J connectivity index is 1.38. The van der Waals surface area contributed by atoms with E-state index in [1.165, 1.54) is 18.2 Å². The zero-order valence-corrected chi connectivity index (χ0v) is 19.2. The van der Waals surface area contributed by atoms with Crippen LogP contribution in [0.15, 0.2) is 59.6 Å². The lowest BCUT2D eigenvalue weighted by Gasteiger charge is -2.26. The normalized spacial score (nSPS) is 19.1. The third-order valence-corrected chi connectivity index (χ3v) is 7.50. The van der Waals surface area contributed by atoms with Gasteiger partial charge in [0.2, 0.25) is 5.91 Å². The number of nitrogens with one attached hydrogen (secondary N) is 2. The highest BCUT2D eigenvalue weighted by molar-refractivity contribution is 7.90. The summed E-state index contributed by atoms with van der Waals surface area (Å²) >= 11 is 0. The summed E-state index contributed by atoms with van der Waals surface area (Å²) in [4.78, 5) is 20.2. The Morgan fingerprint density at radius 3 is 2.38 bits per heavy atom. The van der Waals surface area contributed by atoms with Crippen molar-refractivity contribution in [2.75, 3.05) is 0 Å². The summed E-state index contributed by atoms with van der Waals surface area (Å²) in [5, 5.41) is 0. The lowest BCUT2D eigenvalue weighted by molar-refractivity contribution is -0.137. The zero-order chi connectivity index (χ0) is 24.5. The highest BCUT2D eigenvalue weighted by Gasteiger charge is 2.32. The number of aryl methyl sites for hydroxylation is 1. The van der Waals surface area contributed by atoms with Crippen molar-refractivity contribution in [3.8, 4) is 11.3 Å². The molecule has 1 aliphatic carbocycles. The van der Waals surface area contributed by atoms with Crippen molar-refractivity contribution in [2.45, 2.75) is 49.6 Å². The molecule has 3 aromatic rings. The summed E-state index contributed by atoms with van der Waals surface area (Å²) in [5.41, 5.74) is 0.969. The van der Waals surface area contributed by atoms with Gasteiger partial charge in [-0.15, -0.1) is 0 Å². The minimum Gasteiger partial charge on any atom is -0.348 e. The molecule has 0 saturated heterocycles. The number of imidazole rings is 1. The fourth-order valence-electron chi connectivity index (χ4n) is 4.17. The van der Waals surface area contributed by atoms with Gasteiger partial charge >= 0.3 is 6.18 Å². The summed E-state index contributed by atoms with van der Waals surface area (Å²) in [6.45, 7) is 1.84. The van der Waals surface area contributed by atoms with Crippen LogP contribution >= 0.6 is 0 Å². The minimum atomic E-state index is -4.43. The van der Waals surface area contributed by atoms with Crippen LogP contribution < -0.4 is 4.72 Å². The van der Waals surface area contributed by atoms with Gasteiger partial charge in [-0.2, -0.15) is 13.2 Å². The van der Waals surface area contributed by atoms with Crippen molar-refractivity contribution >= 4 is 15.9 Å². The molecule has 0 aliphatic heterocycles. The molecule has 1 aliphatic rings. The first kappa shape index (κ1) is 24.0. The van der Waals surface area contributed by atoms with Gasteiger partial charge < -0.3 is 4.98 Å². The molecule has 2 N–H and O–H groups in total. The molecule has 1 fully saturated rings. The van der Waals surface area contributed by atoms with E-state index in [2.05, 4.69) is 14.7 Å². The maximum absolute atomic E-state index is 13.0. The first-order chi connectivity index (χ1) is 16.0. The highest BCUT2D eigenvalue weighted by atomic mass is 32.2. The van der Waals surface area contributed by atoms with Gasteiger partial charge in [0, 0.05) is 23.6 Å². The number of rotatable bonds is 5. The van der Waals surface area contributed by atoms with E-state index in [-0.39, 0.29) is 10.8 Å². The molecule has 180 valence electrons. The lowest BCUT2D eigenvalue weighted by Crippen LogP contribution is -2.37. The smallest absolute Gasteiger partial charge is 0.348 e. The number of amides is 1. The topological polar surface area (TPSA) is 91.9 Å². The van der Waals surface area contributed by atoms with Gasteiger partial charge in [-0.25, -0.2) is 18.1 Å². The van der Waals surface area contributed by atoms with E-state index in [9.17, 15) is 26.4 Å². The number of hydrogen-bond donors (Lipinski definition) is 2. The molecule has 0 radical (unpaired) electrons. The summed E-state index contributed by atoms with van der Waals surface area (Å²) in [5.74, 6) is -0.298. The molecule has 34 heavy (non-hydrogen) atoms. The van der Waals surface area contributed by atoms with Crippen LogP contribution in [0.3, 0.4) is 0 Å². The maximum Gasteiger partial charge on any atom is 0.416 e. The third-order valence-electron chi connectivity index (χ3n) is 6.13. The van der Waals surface area contributed by atoms with E-state index in [4.69, 9.17) is 0 Å². The second-order valence-electron chi connectivity index (χ2n) is 8.58. The number of H-pyrrole nitrogens is 1. The average Bonchev–Trinajstić information content (AvgIpc) is 3.29. The lowest BCUT2D eigenvalue weighted by atomic mass is 9.81. The Bertz CT molecular complexity index is 1280. The van der Waals surface area contributed by atoms with Crippen molar-refractivity contribution in [3.63, 3.8) is 0 Å². The monoisotopic (exact) mass is 491 g/mol. The number of carbonyl (C=O) groups excluding carboxylic acids is 1. The largest absolute Gasteiger partial charge is 0.416 e. The molecule has 1 aromatic heterocycles. The molecule has 0 spiro atoms. The first-order valence-electron chi connectivity index (χ1n) is 10.9. The molecule has 1 amide bonds. The van der Waals surface area contributed by atoms with Gasteiger partial charge in [-0.1, -0.05) is 29.8 Å². The molecule has 2 aromatic carbocycles. The molecular weight excluding hydrogens is 467 g/mol. The Hall–Kier alpha value is -3.14. The van der Waals surface area contributed by atoms with Crippen LogP contribution in [0, 0.1) is 12.8 Å². The van der Waals surface area contributed by atoms with Gasteiger partial charge in [0.05, 0.1) is 16.2 Å². The average molecular weight is 492 g/mol. The van der Waals surface area contributed by atoms with E-state index in [0.29, 0.717) is 42.8 Å². The van der Waals surface area contributed by atoms with Crippen LogP contribution in [0.2, 0.25) is 0 Å². The van der Waals surface area contributed by atoms with Gasteiger partial charge in [-0.05, 0) is 56.9 Å². The van der Waals surface area contributed by atoms with Crippen LogP contribution in [0.5, 0.6) is 0 Å². The summed E-state index contributed by atoms with van der Waals surface area (Å²) < 4.78 is 66.1. The molecule has 0 atom stereocenters. The molecule has 0 bridgehead atoms. The predicted octanol–water partition coefficient (Wildman–Crippen LogP) is 5.18. The van der Waals surface area contributed by atoms with Crippen LogP contribution in [-0.2, 0) is 21.0 Å². The molecule has 4 rings (SSSR count). The standard InChI is InChI=1S/C24H24F3N3O3S/c1-15-5-11-20(12-6-15)34(32,33)30-23(31)17-9-7-16(8-10-17)22-28-14-21(29-22)18-3-2-4-19(13-18)24(25,26)27/h2-6,11-14,16-17H,7-10H2,1H3,(H,28,29)(H,30,31). The van der Waals surface area contributed by atoms with Crippen molar-refractivity contribution in [1.82, 2.24) is 14.7 Å². The highest BCUT2D eigenvalue weighted by Crippen LogP contribution is 2.36. The molecule has 1 saturated carbocycles. The molecule has 0 unspecified atom stereocenters. The van der Waals surface area contributed by atoms with Gasteiger partial charge in [0.15, 0.2) is 0 Å². The van der Waals surface area contributed by atoms with Crippen molar-refractivity contribution in [1.29, 1.82) is 0 Å². The summed E-state index contributed by atoms with van der Waals surface area (Å²) in [7, 11) is -3.93. The van der Waals surface area contributed by atoms with Crippen LogP contribution in [0.4, 0.5) is 13.2 Å². The summed E-state index contributed by atoms with van der Waals surface area (Å²) in [6, 6.07) is 11.3. The van der Waals surface area contributed by atoms with Gasteiger partial charge in [0.1, 0.15) is 5.82 Å². The second kappa shape index (κ2) is 9.25. The number of alkyl halides is 3. The van der Waals surface area contributed by atoms with Crippen molar-refractivity contribution in [3.05, 3.63) is 71.7 Å². The zero-order valence-electron chi connectivity index (χ0n) is 18.4. The minimum absolute atomic E-state index is 0.0114. The van der Waals surface area contributed by atoms with E-state index >= 15 is 0 Å². The van der Waals surface area contributed by atoms with Gasteiger partial charge in [0.25, 0.3) is 10.0 Å². The number of aromatic amines is 1. The Kier molecular flexibility index (Phi) is 6.53. The molecular formula is C24H24F3N3O3S. The Morgan fingerprint density at radius 2 is 1.74 bits per heavy atom. The number of nitrogens with zero attached hydrogens (tertiary/aromatic N) is 1. The number of benzene rings is 2. The van der Waals surface area contributed by atoms with Crippen LogP contribution in [0.25, 0.3) is 11.3 Å². The predicted molar refractivity (Wildman–Crippen MR) is 120 cm³/mol. The first-order valence-corrected chi connectivity index (χ1v) is 12.4. The number of hydrogen-bond acceptors (Lipinski definition) is 4. The molecule has 10 heteroatoms. The van der Waals surface area contributed by atoms with Crippen LogP contribution in [0.1, 0.15) is 48.6 Å². The maximum atomic E-state index is 13.0. The van der Waals surface area contributed by atoms with Gasteiger partial charge in [-0.3, -0.25) is 4.79 Å². The fraction of sp³-hybridized carbons (Fsp3) is 0.333. The fourth-order valence-corrected chi connectivity index (χ4v) is 5.21. The Morgan fingerprint density at radius 1 is 1.06 bits per heavy atom. The van der Waals surface area contributed by atoms with Crippen molar-refractivity contribution < 1.29 is 26.4 Å². The number of halogens is 3. The molecule has 1 heterocycles. The number of sulfonamides is 1.